The smallest absolute Gasteiger partial charge is 0.337 e. The van der Waals surface area contributed by atoms with Crippen LogP contribution in [0.4, 0.5) is 0 Å². The number of benzene rings is 2. The number of aromatic amines is 1. The molecule has 1 unspecified atom stereocenters. The van der Waals surface area contributed by atoms with Crippen LogP contribution in [0.5, 0.6) is 0 Å². The summed E-state index contributed by atoms with van der Waals surface area (Å²) in [6, 6.07) is 14.4. The topological polar surface area (TPSA) is 113 Å². The number of esters is 1. The van der Waals surface area contributed by atoms with Crippen molar-refractivity contribution < 1.29 is 14.3 Å². The Hall–Kier alpha value is -4.31. The Morgan fingerprint density at radius 1 is 1.12 bits per heavy atom. The maximum atomic E-state index is 12.5. The predicted molar refractivity (Wildman–Crippen MR) is 150 cm³/mol. The number of nitrogens with one attached hydrogen (secondary N) is 1. The maximum absolute atomic E-state index is 12.5. The molecule has 1 aliphatic heterocycles. The molecule has 4 heterocycles. The Morgan fingerprint density at radius 2 is 2.00 bits per heavy atom. The average Bonchev–Trinajstić information content (AvgIpc) is 3.75. The third kappa shape index (κ3) is 5.27. The van der Waals surface area contributed by atoms with Crippen LogP contribution in [-0.2, 0) is 35.3 Å². The summed E-state index contributed by atoms with van der Waals surface area (Å²) in [6.45, 7) is 3.49. The lowest BCUT2D eigenvalue weighted by Gasteiger charge is -2.22. The zero-order valence-electron chi connectivity index (χ0n) is 22.8. The van der Waals surface area contributed by atoms with Gasteiger partial charge in [0.05, 0.1) is 24.6 Å². The van der Waals surface area contributed by atoms with Gasteiger partial charge in [0, 0.05) is 42.2 Å². The molecule has 1 fully saturated rings. The molecule has 1 aliphatic rings. The van der Waals surface area contributed by atoms with Gasteiger partial charge in [-0.15, -0.1) is 10.2 Å². The second-order valence-corrected chi connectivity index (χ2v) is 10.3. The Kier molecular flexibility index (Phi) is 7.41. The summed E-state index contributed by atoms with van der Waals surface area (Å²) in [7, 11) is 1.41. The van der Waals surface area contributed by atoms with Crippen molar-refractivity contribution in [2.45, 2.75) is 58.2 Å². The third-order valence-electron chi connectivity index (χ3n) is 7.65. The van der Waals surface area contributed by atoms with Crippen molar-refractivity contribution in [3.8, 4) is 11.3 Å². The first-order chi connectivity index (χ1) is 19.6. The normalized spacial score (nSPS) is 15.5. The number of hydrogen-bond donors (Lipinski definition) is 1. The highest BCUT2D eigenvalue weighted by Gasteiger charge is 2.23. The van der Waals surface area contributed by atoms with E-state index in [0.29, 0.717) is 24.4 Å². The minimum Gasteiger partial charge on any atom is -0.465 e. The Bertz CT molecular complexity index is 1600. The molecule has 0 saturated carbocycles. The number of aromatic nitrogens is 7. The Morgan fingerprint density at radius 3 is 2.75 bits per heavy atom. The van der Waals surface area contributed by atoms with E-state index in [0.717, 1.165) is 60.9 Å². The van der Waals surface area contributed by atoms with E-state index in [4.69, 9.17) is 14.6 Å². The van der Waals surface area contributed by atoms with Crippen molar-refractivity contribution in [1.82, 2.24) is 35.0 Å². The predicted octanol–water partition coefficient (Wildman–Crippen LogP) is 4.84. The number of hydrogen-bond acceptors (Lipinski definition) is 7. The largest absolute Gasteiger partial charge is 0.465 e. The first-order valence-corrected chi connectivity index (χ1v) is 13.8. The van der Waals surface area contributed by atoms with Crippen LogP contribution in [0.1, 0.15) is 58.4 Å². The highest BCUT2D eigenvalue weighted by Crippen LogP contribution is 2.37. The number of aryl methyl sites for hydroxylation is 5. The summed E-state index contributed by atoms with van der Waals surface area (Å²) in [5.41, 5.74) is 7.32. The van der Waals surface area contributed by atoms with Gasteiger partial charge in [0.15, 0.2) is 5.82 Å². The molecule has 6 rings (SSSR count). The molecule has 3 aromatic heterocycles. The van der Waals surface area contributed by atoms with Crippen LogP contribution in [0.2, 0.25) is 0 Å². The highest BCUT2D eigenvalue weighted by molar-refractivity contribution is 5.98. The Balaban J connectivity index is 1.48. The molecule has 2 aromatic carbocycles. The second kappa shape index (κ2) is 11.4. The lowest BCUT2D eigenvalue weighted by molar-refractivity contribution is -0.0394. The SMILES string of the molecule is COC(=O)c1ccc2c(c1)c(CCc1ccc(C)cc1)c(-c1cnn(C3CCCCO3)c1)n2CCc1nn[nH]n1. The molecular weight excluding hydrogens is 506 g/mol. The molecule has 5 aromatic rings. The van der Waals surface area contributed by atoms with E-state index in [1.54, 1.807) is 0 Å². The van der Waals surface area contributed by atoms with E-state index in [1.807, 2.05) is 29.1 Å². The van der Waals surface area contributed by atoms with Crippen LogP contribution in [0.15, 0.2) is 54.9 Å². The molecule has 0 amide bonds. The monoisotopic (exact) mass is 539 g/mol. The van der Waals surface area contributed by atoms with E-state index in [-0.39, 0.29) is 12.2 Å². The first kappa shape index (κ1) is 25.9. The van der Waals surface area contributed by atoms with Gasteiger partial charge in [-0.2, -0.15) is 10.3 Å². The molecule has 0 bridgehead atoms. The van der Waals surface area contributed by atoms with Gasteiger partial charge in [-0.25, -0.2) is 9.48 Å². The molecular formula is C30H33N7O3. The van der Waals surface area contributed by atoms with Crippen molar-refractivity contribution in [2.75, 3.05) is 13.7 Å². The number of fused-ring (bicyclic) bond motifs is 1. The molecule has 10 nitrogen and oxygen atoms in total. The molecule has 1 N–H and O–H groups in total. The van der Waals surface area contributed by atoms with Gasteiger partial charge in [0.25, 0.3) is 0 Å². The van der Waals surface area contributed by atoms with E-state index < -0.39 is 0 Å². The van der Waals surface area contributed by atoms with E-state index >= 15 is 0 Å². The van der Waals surface area contributed by atoms with Crippen molar-refractivity contribution >= 4 is 16.9 Å². The number of nitrogens with zero attached hydrogens (tertiary/aromatic N) is 6. The zero-order valence-corrected chi connectivity index (χ0v) is 22.8. The first-order valence-electron chi connectivity index (χ1n) is 13.8. The minimum atomic E-state index is -0.352. The van der Waals surface area contributed by atoms with E-state index in [9.17, 15) is 4.79 Å². The number of rotatable bonds is 9. The van der Waals surface area contributed by atoms with Crippen LogP contribution in [0, 0.1) is 6.92 Å². The minimum absolute atomic E-state index is 0.0541. The highest BCUT2D eigenvalue weighted by atomic mass is 16.5. The van der Waals surface area contributed by atoms with Gasteiger partial charge < -0.3 is 14.0 Å². The summed E-state index contributed by atoms with van der Waals surface area (Å²) < 4.78 is 15.3. The lowest BCUT2D eigenvalue weighted by atomic mass is 9.98. The number of ether oxygens (including phenoxy) is 2. The summed E-state index contributed by atoms with van der Waals surface area (Å²) in [5.74, 6) is 0.293. The van der Waals surface area contributed by atoms with Gasteiger partial charge in [0.2, 0.25) is 0 Å². The summed E-state index contributed by atoms with van der Waals surface area (Å²) in [6.07, 6.45) is 9.37. The third-order valence-corrected chi connectivity index (χ3v) is 7.65. The van der Waals surface area contributed by atoms with Crippen molar-refractivity contribution in [2.24, 2.45) is 0 Å². The van der Waals surface area contributed by atoms with Crippen LogP contribution >= 0.6 is 0 Å². The number of carbonyl (C=O) groups excluding carboxylic acids is 1. The summed E-state index contributed by atoms with van der Waals surface area (Å²) in [5, 5.41) is 20.4. The molecule has 206 valence electrons. The molecule has 1 saturated heterocycles. The lowest BCUT2D eigenvalue weighted by Crippen LogP contribution is -2.18. The average molecular weight is 540 g/mol. The van der Waals surface area contributed by atoms with Crippen LogP contribution < -0.4 is 0 Å². The maximum Gasteiger partial charge on any atom is 0.337 e. The molecule has 40 heavy (non-hydrogen) atoms. The van der Waals surface area contributed by atoms with Gasteiger partial charge in [0.1, 0.15) is 6.23 Å². The van der Waals surface area contributed by atoms with E-state index in [2.05, 4.69) is 62.6 Å². The number of H-pyrrole nitrogens is 1. The standard InChI is InChI=1S/C30H33N7O3/c1-20-6-8-21(9-7-20)10-12-24-25-17-22(30(38)39-2)11-13-26(25)36(15-14-27-32-34-35-33-27)29(24)23-18-31-37(19-23)28-5-3-4-16-40-28/h6-9,11,13,17-19,28H,3-5,10,12,14-16H2,1-2H3,(H,32,33,34,35). The van der Waals surface area contributed by atoms with Crippen LogP contribution in [-0.4, -0.2) is 54.7 Å². The fraction of sp³-hybridized carbons (Fsp3) is 0.367. The Labute approximate surface area is 232 Å². The number of methoxy groups -OCH3 is 1. The van der Waals surface area contributed by atoms with Gasteiger partial charge in [-0.1, -0.05) is 35.0 Å². The van der Waals surface area contributed by atoms with Crippen molar-refractivity contribution in [3.05, 3.63) is 82.9 Å². The number of carbonyl (C=O) groups is 1. The number of tetrazole rings is 1. The molecule has 0 aliphatic carbocycles. The van der Waals surface area contributed by atoms with E-state index in [1.165, 1.54) is 23.8 Å². The molecule has 10 heteroatoms. The molecule has 0 spiro atoms. The summed E-state index contributed by atoms with van der Waals surface area (Å²) >= 11 is 0. The second-order valence-electron chi connectivity index (χ2n) is 10.3. The van der Waals surface area contributed by atoms with Gasteiger partial charge >= 0.3 is 5.97 Å². The van der Waals surface area contributed by atoms with Crippen LogP contribution in [0.25, 0.3) is 22.2 Å². The molecule has 0 radical (unpaired) electrons. The van der Waals surface area contributed by atoms with Crippen molar-refractivity contribution in [3.63, 3.8) is 0 Å². The molecule has 1 atom stereocenters. The van der Waals surface area contributed by atoms with Crippen molar-refractivity contribution in [1.29, 1.82) is 0 Å². The zero-order chi connectivity index (χ0) is 27.5. The quantitative estimate of drug-likeness (QED) is 0.267. The fourth-order valence-corrected chi connectivity index (χ4v) is 5.56. The van der Waals surface area contributed by atoms with Crippen LogP contribution in [0.3, 0.4) is 0 Å². The van der Waals surface area contributed by atoms with Gasteiger partial charge in [-0.3, -0.25) is 0 Å². The fourth-order valence-electron chi connectivity index (χ4n) is 5.56. The van der Waals surface area contributed by atoms with Gasteiger partial charge in [-0.05, 0) is 68.4 Å². The summed E-state index contributed by atoms with van der Waals surface area (Å²) in [4.78, 5) is 12.5.